The Kier molecular flexibility index (Phi) is 13.4. The average molecular weight is 276 g/mol. The molecule has 6 heteroatoms. The van der Waals surface area contributed by atoms with Gasteiger partial charge in [0.1, 0.15) is 0 Å². The first-order chi connectivity index (χ1) is 6.83. The van der Waals surface area contributed by atoms with Crippen LogP contribution < -0.4 is 56.3 Å². The Bertz CT molecular complexity index is 191. The smallest absolute Gasteiger partial charge is 0.756 e. The summed E-state index contributed by atoms with van der Waals surface area (Å²) in [5, 5.41) is 0. The molecule has 0 aliphatic carbocycles. The van der Waals surface area contributed by atoms with E-state index in [1.54, 1.807) is 0 Å². The van der Waals surface area contributed by atoms with Gasteiger partial charge in [0, 0.05) is 0 Å². The number of phosphoric ester groups is 1. The molecule has 0 aliphatic heterocycles. The first kappa shape index (κ1) is 20.1. The largest absolute Gasteiger partial charge is 1.00 e. The summed E-state index contributed by atoms with van der Waals surface area (Å²) in [4.78, 5) is 11.2. The number of phosphoric acid groups is 1. The first-order valence-electron chi connectivity index (χ1n) is 5.43. The van der Waals surface area contributed by atoms with Gasteiger partial charge in [0.2, 0.25) is 0 Å². The first-order valence-corrected chi connectivity index (χ1v) is 6.89. The fraction of sp³-hybridized carbons (Fsp3) is 1.00. The van der Waals surface area contributed by atoms with Crippen LogP contribution >= 0.6 is 7.82 Å². The van der Waals surface area contributed by atoms with Crippen LogP contribution in [0.2, 0.25) is 0 Å². The molecule has 0 aliphatic rings. The van der Waals surface area contributed by atoms with Crippen molar-refractivity contribution in [3.8, 4) is 0 Å². The maximum absolute atomic E-state index is 11.2. The Balaban J connectivity index is 0. The number of hydrogen-bond donors (Lipinski definition) is 0. The Morgan fingerprint density at radius 1 is 1.00 bits per heavy atom. The zero-order valence-electron chi connectivity index (χ0n) is 11.1. The van der Waals surface area contributed by atoms with Crippen molar-refractivity contribution in [1.29, 1.82) is 0 Å². The quantitative estimate of drug-likeness (QED) is 0.446. The molecule has 0 N–H and O–H groups in total. The van der Waals surface area contributed by atoms with Crippen molar-refractivity contribution < 1.29 is 69.9 Å². The van der Waals surface area contributed by atoms with Crippen molar-refractivity contribution in [2.75, 3.05) is 13.2 Å². The van der Waals surface area contributed by atoms with Crippen molar-refractivity contribution >= 4 is 7.82 Å². The van der Waals surface area contributed by atoms with E-state index >= 15 is 0 Å². The van der Waals surface area contributed by atoms with Gasteiger partial charge in [0.05, 0.1) is 13.2 Å². The predicted octanol–water partition coefficient (Wildman–Crippen LogP) is -0.416. The predicted molar refractivity (Wildman–Crippen MR) is 58.4 cm³/mol. The number of rotatable bonds is 8. The SMILES string of the molecule is CC(C)CCOP(=O)([O-])OCCC(C)C.[K+]. The fourth-order valence-electron chi connectivity index (χ4n) is 0.838. The van der Waals surface area contributed by atoms with Crippen LogP contribution in [0.5, 0.6) is 0 Å². The summed E-state index contributed by atoms with van der Waals surface area (Å²) in [5.41, 5.74) is 0. The van der Waals surface area contributed by atoms with E-state index in [4.69, 9.17) is 9.05 Å². The maximum Gasteiger partial charge on any atom is 1.00 e. The molecule has 0 aromatic rings. The van der Waals surface area contributed by atoms with Crippen LogP contribution in [0.15, 0.2) is 0 Å². The third kappa shape index (κ3) is 13.8. The zero-order valence-corrected chi connectivity index (χ0v) is 15.1. The molecule has 4 nitrogen and oxygen atoms in total. The van der Waals surface area contributed by atoms with Gasteiger partial charge in [0.25, 0.3) is 7.82 Å². The third-order valence-electron chi connectivity index (χ3n) is 1.89. The van der Waals surface area contributed by atoms with Gasteiger partial charge >= 0.3 is 51.4 Å². The van der Waals surface area contributed by atoms with Gasteiger partial charge in [-0.3, -0.25) is 4.57 Å². The molecular formula is C10H22KO4P. The van der Waals surface area contributed by atoms with Gasteiger partial charge in [-0.15, -0.1) is 0 Å². The van der Waals surface area contributed by atoms with E-state index in [0.29, 0.717) is 11.8 Å². The van der Waals surface area contributed by atoms with E-state index in [1.807, 2.05) is 27.7 Å². The maximum atomic E-state index is 11.2. The molecule has 0 spiro atoms. The van der Waals surface area contributed by atoms with Crippen molar-refractivity contribution in [1.82, 2.24) is 0 Å². The standard InChI is InChI=1S/C10H23O4P.K/c1-9(2)5-7-13-15(11,12)14-8-6-10(3)4;/h9-10H,5-8H2,1-4H3,(H,11,12);/q;+1/p-1. The second kappa shape index (κ2) is 10.6. The van der Waals surface area contributed by atoms with E-state index in [1.165, 1.54) is 0 Å². The molecule has 0 saturated heterocycles. The van der Waals surface area contributed by atoms with E-state index < -0.39 is 7.82 Å². The van der Waals surface area contributed by atoms with E-state index in [2.05, 4.69) is 0 Å². The minimum atomic E-state index is -4.05. The average Bonchev–Trinajstić information content (AvgIpc) is 2.01. The Morgan fingerprint density at radius 3 is 1.56 bits per heavy atom. The molecule has 0 unspecified atom stereocenters. The molecular weight excluding hydrogens is 254 g/mol. The summed E-state index contributed by atoms with van der Waals surface area (Å²) in [6.07, 6.45) is 1.44. The van der Waals surface area contributed by atoms with Gasteiger partial charge < -0.3 is 13.9 Å². The summed E-state index contributed by atoms with van der Waals surface area (Å²) < 4.78 is 20.6. The molecule has 0 heterocycles. The van der Waals surface area contributed by atoms with Crippen molar-refractivity contribution in [2.45, 2.75) is 40.5 Å². The molecule has 16 heavy (non-hydrogen) atoms. The van der Waals surface area contributed by atoms with Crippen LogP contribution in [-0.4, -0.2) is 13.2 Å². The van der Waals surface area contributed by atoms with Crippen LogP contribution in [-0.2, 0) is 13.6 Å². The monoisotopic (exact) mass is 276 g/mol. The Morgan fingerprint density at radius 2 is 1.31 bits per heavy atom. The van der Waals surface area contributed by atoms with Crippen molar-refractivity contribution in [3.05, 3.63) is 0 Å². The van der Waals surface area contributed by atoms with Crippen LogP contribution in [0.3, 0.4) is 0 Å². The molecule has 0 fully saturated rings. The molecule has 0 saturated carbocycles. The molecule has 0 rings (SSSR count). The van der Waals surface area contributed by atoms with Crippen LogP contribution in [0.1, 0.15) is 40.5 Å². The van der Waals surface area contributed by atoms with E-state index in [-0.39, 0.29) is 64.6 Å². The topological polar surface area (TPSA) is 58.6 Å². The third-order valence-corrected chi connectivity index (χ3v) is 2.89. The van der Waals surface area contributed by atoms with Gasteiger partial charge in [-0.25, -0.2) is 0 Å². The van der Waals surface area contributed by atoms with Crippen molar-refractivity contribution in [2.24, 2.45) is 11.8 Å². The molecule has 0 amide bonds. The van der Waals surface area contributed by atoms with Crippen molar-refractivity contribution in [3.63, 3.8) is 0 Å². The minimum Gasteiger partial charge on any atom is -0.756 e. The van der Waals surface area contributed by atoms with E-state index in [9.17, 15) is 9.46 Å². The fourth-order valence-corrected chi connectivity index (χ4v) is 1.57. The molecule has 92 valence electrons. The van der Waals surface area contributed by atoms with Gasteiger partial charge in [-0.05, 0) is 24.7 Å². The number of hydrogen-bond acceptors (Lipinski definition) is 4. The summed E-state index contributed by atoms with van der Waals surface area (Å²) in [7, 11) is -4.05. The zero-order chi connectivity index (χ0) is 11.9. The Labute approximate surface area is 142 Å². The summed E-state index contributed by atoms with van der Waals surface area (Å²) in [6, 6.07) is 0. The molecule has 0 radical (unpaired) electrons. The van der Waals surface area contributed by atoms with Crippen LogP contribution in [0.25, 0.3) is 0 Å². The van der Waals surface area contributed by atoms with E-state index in [0.717, 1.165) is 12.8 Å². The second-order valence-electron chi connectivity index (χ2n) is 4.48. The van der Waals surface area contributed by atoms with Crippen LogP contribution in [0, 0.1) is 11.8 Å². The normalized spacial score (nSPS) is 11.9. The summed E-state index contributed by atoms with van der Waals surface area (Å²) in [6.45, 7) is 8.47. The molecule has 0 aromatic carbocycles. The molecule has 0 bridgehead atoms. The second-order valence-corrected chi connectivity index (χ2v) is 5.89. The Hall–Kier alpha value is 1.75. The van der Waals surface area contributed by atoms with Gasteiger partial charge in [0.15, 0.2) is 0 Å². The summed E-state index contributed by atoms with van der Waals surface area (Å²) in [5.74, 6) is 0.862. The summed E-state index contributed by atoms with van der Waals surface area (Å²) >= 11 is 0. The molecule has 0 atom stereocenters. The van der Waals surface area contributed by atoms with Gasteiger partial charge in [-0.2, -0.15) is 0 Å². The van der Waals surface area contributed by atoms with Crippen LogP contribution in [0.4, 0.5) is 0 Å². The van der Waals surface area contributed by atoms with Gasteiger partial charge in [-0.1, -0.05) is 27.7 Å². The minimum absolute atomic E-state index is 0. The molecule has 0 aromatic heterocycles.